The van der Waals surface area contributed by atoms with E-state index in [0.717, 1.165) is 10.2 Å². The van der Waals surface area contributed by atoms with Crippen molar-refractivity contribution in [3.05, 3.63) is 97.6 Å². The van der Waals surface area contributed by atoms with Crippen LogP contribution in [0.3, 0.4) is 0 Å². The molecule has 0 bridgehead atoms. The number of benzene rings is 2. The number of hydrazone groups is 1. The van der Waals surface area contributed by atoms with E-state index < -0.39 is 22.9 Å². The number of fused-ring (bicyclic) bond motifs is 1. The van der Waals surface area contributed by atoms with Crippen LogP contribution < -0.4 is 11.0 Å². The fourth-order valence-corrected chi connectivity index (χ4v) is 3.30. The third-order valence-electron chi connectivity index (χ3n) is 4.85. The monoisotopic (exact) mass is 446 g/mol. The number of nitrogens with zero attached hydrogens (tertiary/aromatic N) is 5. The number of aryl methyl sites for hydroxylation is 1. The summed E-state index contributed by atoms with van der Waals surface area (Å²) in [6.07, 6.45) is 1.55. The maximum Gasteiger partial charge on any atom is 0.280 e. The Kier molecular flexibility index (Phi) is 6.02. The predicted molar refractivity (Wildman–Crippen MR) is 119 cm³/mol. The first kappa shape index (κ1) is 21.6. The van der Waals surface area contributed by atoms with Crippen LogP contribution in [0.2, 0.25) is 0 Å². The number of amides is 1. The largest absolute Gasteiger partial charge is 0.354 e. The van der Waals surface area contributed by atoms with E-state index in [0.29, 0.717) is 17.8 Å². The summed E-state index contributed by atoms with van der Waals surface area (Å²) >= 11 is 0. The number of nitro benzene ring substituents is 1. The number of aromatic nitrogens is 3. The van der Waals surface area contributed by atoms with Gasteiger partial charge in [-0.15, -0.1) is 0 Å². The van der Waals surface area contributed by atoms with Crippen molar-refractivity contribution in [2.75, 3.05) is 0 Å². The van der Waals surface area contributed by atoms with Crippen LogP contribution in [-0.2, 0) is 17.8 Å². The molecule has 4 aromatic rings. The lowest BCUT2D eigenvalue weighted by Gasteiger charge is -2.07. The van der Waals surface area contributed by atoms with E-state index in [4.69, 9.17) is 4.52 Å². The normalized spacial score (nSPS) is 11.2. The van der Waals surface area contributed by atoms with Crippen LogP contribution in [0.1, 0.15) is 22.5 Å². The summed E-state index contributed by atoms with van der Waals surface area (Å²) in [6, 6.07) is 15.5. The van der Waals surface area contributed by atoms with Gasteiger partial charge in [-0.25, -0.2) is 10.1 Å². The van der Waals surface area contributed by atoms with Crippen LogP contribution in [0, 0.1) is 17.0 Å². The van der Waals surface area contributed by atoms with Gasteiger partial charge >= 0.3 is 0 Å². The Bertz CT molecular complexity index is 1420. The van der Waals surface area contributed by atoms with Gasteiger partial charge in [-0.1, -0.05) is 47.6 Å². The molecule has 11 nitrogen and oxygen atoms in total. The topological polar surface area (TPSA) is 146 Å². The van der Waals surface area contributed by atoms with Gasteiger partial charge in [0.05, 0.1) is 22.4 Å². The molecule has 1 N–H and O–H groups in total. The second-order valence-electron chi connectivity index (χ2n) is 7.15. The number of carbonyl (C=O) groups excluding carboxylic acids is 1. The van der Waals surface area contributed by atoms with E-state index >= 15 is 0 Å². The Morgan fingerprint density at radius 2 is 1.94 bits per heavy atom. The van der Waals surface area contributed by atoms with Crippen molar-refractivity contribution in [2.24, 2.45) is 5.10 Å². The molecule has 0 radical (unpaired) electrons. The Morgan fingerprint density at radius 1 is 1.21 bits per heavy atom. The van der Waals surface area contributed by atoms with Crippen molar-refractivity contribution in [3.8, 4) is 0 Å². The van der Waals surface area contributed by atoms with Gasteiger partial charge in [0.25, 0.3) is 17.2 Å². The molecular weight excluding hydrogens is 428 g/mol. The van der Waals surface area contributed by atoms with Gasteiger partial charge in [0.15, 0.2) is 5.58 Å². The SMILES string of the molecule is Cc1noc2c(Cc3ccccc3)nn(CC(=O)N/N=C/c3ccccc3[N+](=O)[O-])c(=O)c12. The second-order valence-corrected chi connectivity index (χ2v) is 7.15. The summed E-state index contributed by atoms with van der Waals surface area (Å²) < 4.78 is 6.36. The molecule has 0 unspecified atom stereocenters. The minimum Gasteiger partial charge on any atom is -0.354 e. The molecule has 0 spiro atoms. The van der Waals surface area contributed by atoms with Gasteiger partial charge in [-0.3, -0.25) is 19.7 Å². The first-order valence-electron chi connectivity index (χ1n) is 9.89. The minimum atomic E-state index is -0.626. The second kappa shape index (κ2) is 9.22. The fourth-order valence-electron chi connectivity index (χ4n) is 3.30. The van der Waals surface area contributed by atoms with Crippen molar-refractivity contribution >= 4 is 28.8 Å². The fraction of sp³-hybridized carbons (Fsp3) is 0.136. The van der Waals surface area contributed by atoms with Gasteiger partial charge < -0.3 is 4.52 Å². The molecule has 0 aliphatic carbocycles. The Balaban J connectivity index is 1.57. The van der Waals surface area contributed by atoms with Crippen LogP contribution >= 0.6 is 0 Å². The lowest BCUT2D eigenvalue weighted by atomic mass is 10.1. The van der Waals surface area contributed by atoms with Gasteiger partial charge in [0.1, 0.15) is 17.6 Å². The molecule has 0 aliphatic rings. The highest BCUT2D eigenvalue weighted by Crippen LogP contribution is 2.19. The summed E-state index contributed by atoms with van der Waals surface area (Å²) in [5.41, 5.74) is 3.93. The van der Waals surface area contributed by atoms with Crippen LogP contribution in [0.5, 0.6) is 0 Å². The Hall–Kier alpha value is -4.67. The van der Waals surface area contributed by atoms with E-state index in [1.807, 2.05) is 30.3 Å². The predicted octanol–water partition coefficient (Wildman–Crippen LogP) is 2.34. The Morgan fingerprint density at radius 3 is 2.70 bits per heavy atom. The van der Waals surface area contributed by atoms with Gasteiger partial charge in [-0.05, 0) is 18.6 Å². The molecule has 2 aromatic carbocycles. The molecule has 11 heteroatoms. The number of nitro groups is 1. The average molecular weight is 446 g/mol. The zero-order valence-electron chi connectivity index (χ0n) is 17.5. The van der Waals surface area contributed by atoms with E-state index in [1.165, 1.54) is 24.4 Å². The maximum absolute atomic E-state index is 12.9. The van der Waals surface area contributed by atoms with Crippen LogP contribution in [-0.4, -0.2) is 32.0 Å². The molecule has 4 rings (SSSR count). The van der Waals surface area contributed by atoms with Gasteiger partial charge in [-0.2, -0.15) is 10.2 Å². The minimum absolute atomic E-state index is 0.146. The lowest BCUT2D eigenvalue weighted by Crippen LogP contribution is -2.32. The summed E-state index contributed by atoms with van der Waals surface area (Å²) in [6.45, 7) is 1.23. The van der Waals surface area contributed by atoms with Crippen molar-refractivity contribution in [2.45, 2.75) is 19.9 Å². The van der Waals surface area contributed by atoms with Crippen LogP contribution in [0.4, 0.5) is 5.69 Å². The van der Waals surface area contributed by atoms with Crippen molar-refractivity contribution < 1.29 is 14.2 Å². The van der Waals surface area contributed by atoms with E-state index in [9.17, 15) is 19.7 Å². The summed E-state index contributed by atoms with van der Waals surface area (Å²) in [5, 5.41) is 23.3. The number of hydrogen-bond acceptors (Lipinski definition) is 8. The summed E-state index contributed by atoms with van der Waals surface area (Å²) in [7, 11) is 0. The number of rotatable bonds is 7. The molecule has 0 aliphatic heterocycles. The van der Waals surface area contributed by atoms with E-state index in [-0.39, 0.29) is 22.2 Å². The first-order chi connectivity index (χ1) is 15.9. The highest BCUT2D eigenvalue weighted by atomic mass is 16.6. The standard InChI is InChI=1S/C22H18N6O5/c1-14-20-21(33-26-14)17(11-15-7-3-2-4-8-15)25-27(22(20)30)13-19(29)24-23-12-16-9-5-6-10-18(16)28(31)32/h2-10,12H,11,13H2,1H3,(H,24,29)/b23-12+. The zero-order valence-corrected chi connectivity index (χ0v) is 17.5. The third kappa shape index (κ3) is 4.66. The van der Waals surface area contributed by atoms with Crippen molar-refractivity contribution in [1.29, 1.82) is 0 Å². The molecular formula is C22H18N6O5. The summed E-state index contributed by atoms with van der Waals surface area (Å²) in [4.78, 5) is 35.8. The molecule has 0 fully saturated rings. The third-order valence-corrected chi connectivity index (χ3v) is 4.85. The number of nitrogens with one attached hydrogen (secondary N) is 1. The molecule has 166 valence electrons. The smallest absolute Gasteiger partial charge is 0.280 e. The quantitative estimate of drug-likeness (QED) is 0.260. The number of carbonyl (C=O) groups is 1. The number of para-hydroxylation sites is 1. The van der Waals surface area contributed by atoms with Crippen LogP contribution in [0.25, 0.3) is 11.0 Å². The zero-order chi connectivity index (χ0) is 23.4. The molecule has 2 heterocycles. The summed E-state index contributed by atoms with van der Waals surface area (Å²) in [5.74, 6) is -0.626. The highest BCUT2D eigenvalue weighted by molar-refractivity contribution is 5.86. The molecule has 0 atom stereocenters. The lowest BCUT2D eigenvalue weighted by molar-refractivity contribution is -0.385. The Labute approximate surface area is 186 Å². The van der Waals surface area contributed by atoms with Crippen molar-refractivity contribution in [3.63, 3.8) is 0 Å². The maximum atomic E-state index is 12.9. The van der Waals surface area contributed by atoms with E-state index in [2.05, 4.69) is 20.8 Å². The molecule has 1 amide bonds. The van der Waals surface area contributed by atoms with Crippen LogP contribution in [0.15, 0.2) is 69.0 Å². The first-order valence-corrected chi connectivity index (χ1v) is 9.89. The van der Waals surface area contributed by atoms with Crippen molar-refractivity contribution in [1.82, 2.24) is 20.4 Å². The highest BCUT2D eigenvalue weighted by Gasteiger charge is 2.19. The van der Waals surface area contributed by atoms with E-state index in [1.54, 1.807) is 13.0 Å². The molecule has 0 saturated carbocycles. The van der Waals surface area contributed by atoms with Gasteiger partial charge in [0.2, 0.25) is 0 Å². The molecule has 33 heavy (non-hydrogen) atoms. The molecule has 2 aromatic heterocycles. The number of hydrogen-bond donors (Lipinski definition) is 1. The van der Waals surface area contributed by atoms with Gasteiger partial charge in [0, 0.05) is 12.5 Å². The molecule has 0 saturated heterocycles. The average Bonchev–Trinajstić information content (AvgIpc) is 3.20.